The minimum atomic E-state index is -3.19. The molecular formula is C40H31O2P. The fraction of sp³-hybridized carbons (Fsp3) is 0.100. The average molecular weight is 575 g/mol. The summed E-state index contributed by atoms with van der Waals surface area (Å²) >= 11 is 0. The molecule has 1 aliphatic heterocycles. The van der Waals surface area contributed by atoms with Crippen LogP contribution < -0.4 is 20.7 Å². The second-order valence-corrected chi connectivity index (χ2v) is 14.8. The van der Waals surface area contributed by atoms with E-state index in [-0.39, 0.29) is 5.41 Å². The molecule has 1 spiro atoms. The molecule has 208 valence electrons. The first kappa shape index (κ1) is 26.0. The van der Waals surface area contributed by atoms with Crippen molar-refractivity contribution in [1.29, 1.82) is 0 Å². The topological polar surface area (TPSA) is 26.3 Å². The van der Waals surface area contributed by atoms with E-state index < -0.39 is 12.6 Å². The highest BCUT2D eigenvalue weighted by Crippen LogP contribution is 2.61. The smallest absolute Gasteiger partial charge is 0.171 e. The van der Waals surface area contributed by atoms with Crippen LogP contribution in [0.3, 0.4) is 0 Å². The molecule has 0 N–H and O–H groups in total. The van der Waals surface area contributed by atoms with E-state index in [0.717, 1.165) is 38.5 Å². The molecule has 0 atom stereocenters. The summed E-state index contributed by atoms with van der Waals surface area (Å²) in [7, 11) is -3.19. The summed E-state index contributed by atoms with van der Waals surface area (Å²) < 4.78 is 22.1. The van der Waals surface area contributed by atoms with Crippen LogP contribution in [0, 0.1) is 0 Å². The maximum Gasteiger partial charge on any atom is 0.171 e. The van der Waals surface area contributed by atoms with Crippen LogP contribution in [0.1, 0.15) is 47.2 Å². The zero-order chi connectivity index (χ0) is 29.2. The lowest BCUT2D eigenvalue weighted by molar-refractivity contribution is 0.425. The van der Waals surface area contributed by atoms with Crippen LogP contribution in [0.2, 0.25) is 0 Å². The molecule has 43 heavy (non-hydrogen) atoms. The number of fused-ring (bicyclic) bond motifs is 8. The van der Waals surface area contributed by atoms with Crippen molar-refractivity contribution in [3.8, 4) is 11.5 Å². The molecule has 0 radical (unpaired) electrons. The summed E-state index contributed by atoms with van der Waals surface area (Å²) in [5, 5.41) is 2.38. The van der Waals surface area contributed by atoms with E-state index in [1.54, 1.807) is 0 Å². The Kier molecular flexibility index (Phi) is 5.70. The molecule has 0 fully saturated rings. The van der Waals surface area contributed by atoms with Gasteiger partial charge in [0.25, 0.3) is 0 Å². The molecule has 0 saturated carbocycles. The van der Waals surface area contributed by atoms with E-state index in [1.807, 2.05) is 72.8 Å². The summed E-state index contributed by atoms with van der Waals surface area (Å²) in [6.07, 6.45) is 0. The van der Waals surface area contributed by atoms with Crippen molar-refractivity contribution in [3.05, 3.63) is 185 Å². The number of rotatable bonds is 3. The van der Waals surface area contributed by atoms with E-state index in [1.165, 1.54) is 22.3 Å². The van der Waals surface area contributed by atoms with Crippen LogP contribution in [0.4, 0.5) is 0 Å². The highest BCUT2D eigenvalue weighted by atomic mass is 31.2. The van der Waals surface area contributed by atoms with Crippen LogP contribution in [0.15, 0.2) is 152 Å². The van der Waals surface area contributed by atoms with Gasteiger partial charge < -0.3 is 9.30 Å². The van der Waals surface area contributed by atoms with Crippen LogP contribution in [0.5, 0.6) is 11.5 Å². The number of benzene rings is 6. The van der Waals surface area contributed by atoms with Gasteiger partial charge in [0.15, 0.2) is 7.14 Å². The Labute approximate surface area is 253 Å². The number of hydrogen-bond donors (Lipinski definition) is 0. The zero-order valence-electron chi connectivity index (χ0n) is 24.2. The first-order valence-corrected chi connectivity index (χ1v) is 16.5. The van der Waals surface area contributed by atoms with Gasteiger partial charge in [0, 0.05) is 32.5 Å². The van der Waals surface area contributed by atoms with Gasteiger partial charge >= 0.3 is 0 Å². The quantitative estimate of drug-likeness (QED) is 0.198. The van der Waals surface area contributed by atoms with Crippen LogP contribution in [-0.2, 0) is 15.4 Å². The van der Waals surface area contributed by atoms with Crippen LogP contribution in [0.25, 0.3) is 0 Å². The summed E-state index contributed by atoms with van der Waals surface area (Å²) in [6.45, 7) is 4.64. The zero-order valence-corrected chi connectivity index (χ0v) is 25.1. The van der Waals surface area contributed by atoms with Gasteiger partial charge in [0.05, 0.1) is 5.41 Å². The monoisotopic (exact) mass is 574 g/mol. The average Bonchev–Trinajstić information content (AvgIpc) is 3.07. The molecule has 6 aromatic rings. The maximum atomic E-state index is 15.3. The first-order valence-electron chi connectivity index (χ1n) is 14.8. The van der Waals surface area contributed by atoms with Gasteiger partial charge in [-0.15, -0.1) is 0 Å². The third-order valence-electron chi connectivity index (χ3n) is 9.49. The Bertz CT molecular complexity index is 1970. The SMILES string of the molecule is CC1(C)c2ccccc2C2(c3ccccc3Oc3cc(P(=O)(c4ccccc4)c4ccccc4)ccc32)c2ccccc21. The molecule has 2 aliphatic rings. The van der Waals surface area contributed by atoms with E-state index in [9.17, 15) is 0 Å². The third kappa shape index (κ3) is 3.51. The fourth-order valence-corrected chi connectivity index (χ4v) is 10.2. The van der Waals surface area contributed by atoms with Crippen molar-refractivity contribution in [3.63, 3.8) is 0 Å². The molecule has 1 aliphatic carbocycles. The van der Waals surface area contributed by atoms with Gasteiger partial charge in [-0.3, -0.25) is 0 Å². The lowest BCUT2D eigenvalue weighted by atomic mass is 9.53. The maximum absolute atomic E-state index is 15.3. The highest BCUT2D eigenvalue weighted by molar-refractivity contribution is 7.85. The van der Waals surface area contributed by atoms with Crippen molar-refractivity contribution >= 4 is 23.1 Å². The predicted molar refractivity (Wildman–Crippen MR) is 176 cm³/mol. The van der Waals surface area contributed by atoms with Gasteiger partial charge in [-0.05, 0) is 34.4 Å². The van der Waals surface area contributed by atoms with E-state index >= 15 is 4.57 Å². The molecule has 0 aromatic heterocycles. The van der Waals surface area contributed by atoms with Gasteiger partial charge in [-0.25, -0.2) is 0 Å². The number of para-hydroxylation sites is 1. The first-order chi connectivity index (χ1) is 21.0. The number of ether oxygens (including phenoxy) is 1. The van der Waals surface area contributed by atoms with Crippen molar-refractivity contribution in [2.24, 2.45) is 0 Å². The van der Waals surface area contributed by atoms with E-state index in [2.05, 4.69) is 92.7 Å². The minimum absolute atomic E-state index is 0.178. The van der Waals surface area contributed by atoms with Crippen LogP contribution >= 0.6 is 7.14 Å². The Morgan fingerprint density at radius 1 is 0.442 bits per heavy atom. The molecule has 0 saturated heterocycles. The Balaban J connectivity index is 1.46. The Morgan fingerprint density at radius 2 is 0.884 bits per heavy atom. The van der Waals surface area contributed by atoms with Crippen LogP contribution in [-0.4, -0.2) is 0 Å². The molecule has 0 unspecified atom stereocenters. The molecule has 6 aromatic carbocycles. The molecule has 1 heterocycles. The van der Waals surface area contributed by atoms with Crippen molar-refractivity contribution in [1.82, 2.24) is 0 Å². The predicted octanol–water partition coefficient (Wildman–Crippen LogP) is 8.45. The van der Waals surface area contributed by atoms with Gasteiger partial charge in [-0.1, -0.05) is 153 Å². The fourth-order valence-electron chi connectivity index (χ4n) is 7.53. The number of hydrogen-bond acceptors (Lipinski definition) is 2. The van der Waals surface area contributed by atoms with Gasteiger partial charge in [0.1, 0.15) is 11.5 Å². The second-order valence-electron chi connectivity index (χ2n) is 12.0. The molecule has 8 rings (SSSR count). The second kappa shape index (κ2) is 9.43. The molecular weight excluding hydrogens is 543 g/mol. The summed E-state index contributed by atoms with van der Waals surface area (Å²) in [5.41, 5.74) is 6.56. The van der Waals surface area contributed by atoms with Crippen molar-refractivity contribution in [2.75, 3.05) is 0 Å². The molecule has 2 nitrogen and oxygen atoms in total. The largest absolute Gasteiger partial charge is 0.457 e. The van der Waals surface area contributed by atoms with Gasteiger partial charge in [0.2, 0.25) is 0 Å². The lowest BCUT2D eigenvalue weighted by Gasteiger charge is -2.50. The lowest BCUT2D eigenvalue weighted by Crippen LogP contribution is -2.43. The Morgan fingerprint density at radius 3 is 1.44 bits per heavy atom. The highest BCUT2D eigenvalue weighted by Gasteiger charge is 2.53. The molecule has 3 heteroatoms. The standard InChI is InChI=1S/C40H31O2P/c1-39(2)31-19-9-11-21-33(31)40(34-22-12-10-20-32(34)39)35-23-13-14-24-37(35)42-38-27-30(25-26-36(38)40)43(41,28-15-5-3-6-16-28)29-17-7-4-8-18-29/h3-27H,1-2H3. The summed E-state index contributed by atoms with van der Waals surface area (Å²) in [4.78, 5) is 0. The van der Waals surface area contributed by atoms with Crippen molar-refractivity contribution in [2.45, 2.75) is 24.7 Å². The van der Waals surface area contributed by atoms with E-state index in [4.69, 9.17) is 4.74 Å². The summed E-state index contributed by atoms with van der Waals surface area (Å²) in [5.74, 6) is 1.57. The van der Waals surface area contributed by atoms with Gasteiger partial charge in [-0.2, -0.15) is 0 Å². The summed E-state index contributed by atoms with van der Waals surface area (Å²) in [6, 6.07) is 52.1. The normalized spacial score (nSPS) is 15.4. The third-order valence-corrected chi connectivity index (χ3v) is 12.5. The van der Waals surface area contributed by atoms with Crippen molar-refractivity contribution < 1.29 is 9.30 Å². The Hall–Kier alpha value is -4.65. The minimum Gasteiger partial charge on any atom is -0.457 e. The molecule has 0 amide bonds. The van der Waals surface area contributed by atoms with E-state index in [0.29, 0.717) is 0 Å². The molecule has 0 bridgehead atoms.